The van der Waals surface area contributed by atoms with E-state index in [1.54, 1.807) is 11.1 Å². The lowest BCUT2D eigenvalue weighted by Crippen LogP contribution is -2.42. The van der Waals surface area contributed by atoms with Gasteiger partial charge in [0, 0.05) is 11.1 Å². The summed E-state index contributed by atoms with van der Waals surface area (Å²) in [5.41, 5.74) is 6.26. The van der Waals surface area contributed by atoms with E-state index in [9.17, 15) is 0 Å². The highest BCUT2D eigenvalue weighted by Crippen LogP contribution is 2.59. The molecule has 3 aliphatic carbocycles. The molecule has 0 saturated heterocycles. The van der Waals surface area contributed by atoms with Gasteiger partial charge < -0.3 is 5.84 Å². The highest BCUT2D eigenvalue weighted by molar-refractivity contribution is 5.92. The minimum Gasteiger partial charge on any atom is -0.323 e. The van der Waals surface area contributed by atoms with Crippen LogP contribution in [0.5, 0.6) is 0 Å². The number of fused-ring (bicyclic) bond motifs is 5. The topological polar surface area (TPSA) is 38.4 Å². The van der Waals surface area contributed by atoms with Crippen LogP contribution in [0, 0.1) is 24.2 Å². The fourth-order valence-corrected chi connectivity index (χ4v) is 5.71. The summed E-state index contributed by atoms with van der Waals surface area (Å²) in [6.07, 6.45) is 7.63. The van der Waals surface area contributed by atoms with Gasteiger partial charge in [0.05, 0.1) is 0 Å². The number of nitrogens with zero attached hydrogens (tertiary/aromatic N) is 1. The molecule has 0 aliphatic heterocycles. The van der Waals surface area contributed by atoms with Crippen molar-refractivity contribution < 1.29 is 0 Å². The number of hydrogen-bond donors (Lipinski definition) is 1. The summed E-state index contributed by atoms with van der Waals surface area (Å²) < 4.78 is 0. The van der Waals surface area contributed by atoms with Crippen molar-refractivity contribution in [2.24, 2.45) is 28.2 Å². The zero-order chi connectivity index (χ0) is 14.6. The van der Waals surface area contributed by atoms with Crippen LogP contribution in [0.15, 0.2) is 23.3 Å². The Labute approximate surface area is 127 Å². The van der Waals surface area contributed by atoms with Crippen LogP contribution in [-0.2, 0) is 6.42 Å². The molecule has 3 aliphatic rings. The van der Waals surface area contributed by atoms with Gasteiger partial charge in [-0.2, -0.15) is 5.10 Å². The van der Waals surface area contributed by atoms with Crippen LogP contribution < -0.4 is 5.84 Å². The SMILES string of the molecule is Cc1ccc2c(c1)CCC1C2CCC2(C)/C(=N/N)CCC12. The van der Waals surface area contributed by atoms with Crippen LogP contribution >= 0.6 is 0 Å². The predicted molar refractivity (Wildman–Crippen MR) is 87.4 cm³/mol. The van der Waals surface area contributed by atoms with Crippen LogP contribution in [0.1, 0.15) is 61.6 Å². The molecular formula is C19H26N2. The minimum atomic E-state index is 0.290. The molecule has 2 fully saturated rings. The van der Waals surface area contributed by atoms with E-state index in [2.05, 4.69) is 37.1 Å². The maximum Gasteiger partial charge on any atom is 0.0437 e. The van der Waals surface area contributed by atoms with Gasteiger partial charge in [0.2, 0.25) is 0 Å². The van der Waals surface area contributed by atoms with E-state index in [4.69, 9.17) is 5.84 Å². The summed E-state index contributed by atoms with van der Waals surface area (Å²) in [6.45, 7) is 4.64. The molecular weight excluding hydrogens is 256 g/mol. The molecule has 0 heterocycles. The quantitative estimate of drug-likeness (QED) is 0.563. The van der Waals surface area contributed by atoms with Crippen molar-refractivity contribution in [3.8, 4) is 0 Å². The second-order valence-corrected chi connectivity index (χ2v) is 7.69. The molecule has 1 aromatic carbocycles. The van der Waals surface area contributed by atoms with E-state index >= 15 is 0 Å². The van der Waals surface area contributed by atoms with E-state index in [1.807, 2.05) is 0 Å². The third-order valence-electron chi connectivity index (χ3n) is 6.78. The monoisotopic (exact) mass is 282 g/mol. The predicted octanol–water partition coefficient (Wildman–Crippen LogP) is 4.17. The highest BCUT2D eigenvalue weighted by Gasteiger charge is 2.53. The number of aryl methyl sites for hydroxylation is 2. The molecule has 1 aromatic rings. The van der Waals surface area contributed by atoms with Crippen molar-refractivity contribution in [2.45, 2.75) is 58.3 Å². The number of benzene rings is 1. The standard InChI is InChI=1S/C19H26N2/c1-12-3-5-14-13(11-12)4-6-16-15(14)9-10-19(2)17(16)7-8-18(19)21-20/h3,5,11,15-17H,4,6-10,20H2,1-2H3/b21-18+. The molecule has 2 N–H and O–H groups in total. The molecule has 112 valence electrons. The van der Waals surface area contributed by atoms with Crippen LogP contribution in [0.2, 0.25) is 0 Å². The van der Waals surface area contributed by atoms with Crippen molar-refractivity contribution in [1.82, 2.24) is 0 Å². The van der Waals surface area contributed by atoms with Crippen molar-refractivity contribution >= 4 is 5.71 Å². The number of hydrazone groups is 1. The normalized spacial score (nSPS) is 39.7. The Morgan fingerprint density at radius 3 is 2.86 bits per heavy atom. The summed E-state index contributed by atoms with van der Waals surface area (Å²) in [7, 11) is 0. The zero-order valence-corrected chi connectivity index (χ0v) is 13.2. The largest absolute Gasteiger partial charge is 0.323 e. The second kappa shape index (κ2) is 4.59. The summed E-state index contributed by atoms with van der Waals surface area (Å²) in [6, 6.07) is 7.13. The smallest absolute Gasteiger partial charge is 0.0437 e. The van der Waals surface area contributed by atoms with E-state index < -0.39 is 0 Å². The lowest BCUT2D eigenvalue weighted by atomic mass is 9.55. The highest BCUT2D eigenvalue weighted by atomic mass is 15.1. The van der Waals surface area contributed by atoms with Gasteiger partial charge in [0.1, 0.15) is 0 Å². The van der Waals surface area contributed by atoms with Crippen LogP contribution in [0.25, 0.3) is 0 Å². The molecule has 0 bridgehead atoms. The Hall–Kier alpha value is -1.31. The fraction of sp³-hybridized carbons (Fsp3) is 0.632. The Bertz CT molecular complexity index is 604. The van der Waals surface area contributed by atoms with Gasteiger partial charge in [-0.3, -0.25) is 0 Å². The third-order valence-corrected chi connectivity index (χ3v) is 6.78. The molecule has 0 radical (unpaired) electrons. The average molecular weight is 282 g/mol. The molecule has 2 heteroatoms. The summed E-state index contributed by atoms with van der Waals surface area (Å²) in [5, 5.41) is 4.15. The van der Waals surface area contributed by atoms with E-state index in [-0.39, 0.29) is 5.41 Å². The van der Waals surface area contributed by atoms with Gasteiger partial charge in [-0.15, -0.1) is 0 Å². The first-order valence-corrected chi connectivity index (χ1v) is 8.50. The van der Waals surface area contributed by atoms with E-state index in [1.165, 1.54) is 43.4 Å². The van der Waals surface area contributed by atoms with Crippen molar-refractivity contribution in [2.75, 3.05) is 0 Å². The third kappa shape index (κ3) is 1.81. The molecule has 0 aromatic heterocycles. The Balaban J connectivity index is 1.72. The lowest BCUT2D eigenvalue weighted by molar-refractivity contribution is 0.0955. The summed E-state index contributed by atoms with van der Waals surface area (Å²) >= 11 is 0. The molecule has 4 rings (SSSR count). The van der Waals surface area contributed by atoms with Crippen molar-refractivity contribution in [1.29, 1.82) is 0 Å². The molecule has 0 spiro atoms. The molecule has 2 saturated carbocycles. The number of rotatable bonds is 0. The van der Waals surface area contributed by atoms with Gasteiger partial charge >= 0.3 is 0 Å². The van der Waals surface area contributed by atoms with E-state index in [0.717, 1.165) is 24.2 Å². The second-order valence-electron chi connectivity index (χ2n) is 7.69. The fourth-order valence-electron chi connectivity index (χ4n) is 5.71. The Kier molecular flexibility index (Phi) is 2.92. The summed E-state index contributed by atoms with van der Waals surface area (Å²) in [5.74, 6) is 8.10. The zero-order valence-electron chi connectivity index (χ0n) is 13.2. The minimum absolute atomic E-state index is 0.290. The Morgan fingerprint density at radius 2 is 2.05 bits per heavy atom. The van der Waals surface area contributed by atoms with Gasteiger partial charge in [-0.1, -0.05) is 30.7 Å². The van der Waals surface area contributed by atoms with Gasteiger partial charge in [-0.05, 0) is 74.3 Å². The first-order chi connectivity index (χ1) is 10.1. The number of nitrogens with two attached hydrogens (primary N) is 1. The lowest BCUT2D eigenvalue weighted by Gasteiger charge is -2.49. The van der Waals surface area contributed by atoms with Crippen molar-refractivity contribution in [3.05, 3.63) is 34.9 Å². The molecule has 4 atom stereocenters. The van der Waals surface area contributed by atoms with Crippen LogP contribution in [-0.4, -0.2) is 5.71 Å². The van der Waals surface area contributed by atoms with Gasteiger partial charge in [-0.25, -0.2) is 0 Å². The first-order valence-electron chi connectivity index (χ1n) is 8.50. The summed E-state index contributed by atoms with van der Waals surface area (Å²) in [4.78, 5) is 0. The van der Waals surface area contributed by atoms with Crippen LogP contribution in [0.4, 0.5) is 0 Å². The first kappa shape index (κ1) is 13.4. The maximum absolute atomic E-state index is 5.68. The average Bonchev–Trinajstić information content (AvgIpc) is 2.83. The number of hydrogen-bond acceptors (Lipinski definition) is 2. The molecule has 21 heavy (non-hydrogen) atoms. The van der Waals surface area contributed by atoms with Gasteiger partial charge in [0.15, 0.2) is 0 Å². The molecule has 0 amide bonds. The maximum atomic E-state index is 5.68. The van der Waals surface area contributed by atoms with Gasteiger partial charge in [0.25, 0.3) is 0 Å². The molecule has 2 nitrogen and oxygen atoms in total. The Morgan fingerprint density at radius 1 is 1.19 bits per heavy atom. The van der Waals surface area contributed by atoms with E-state index in [0.29, 0.717) is 0 Å². The van der Waals surface area contributed by atoms with Crippen LogP contribution in [0.3, 0.4) is 0 Å². The molecule has 4 unspecified atom stereocenters. The van der Waals surface area contributed by atoms with Crippen molar-refractivity contribution in [3.63, 3.8) is 0 Å².